The quantitative estimate of drug-likeness (QED) is 0.457. The lowest BCUT2D eigenvalue weighted by molar-refractivity contribution is 0.280. The maximum Gasteiger partial charge on any atom is 0.194 e. The summed E-state index contributed by atoms with van der Waals surface area (Å²) in [6.07, 6.45) is 0. The Hall–Kier alpha value is -3.42. The number of aromatic nitrogens is 3. The fraction of sp³-hybridized carbons (Fsp3) is 0.318. The van der Waals surface area contributed by atoms with E-state index in [4.69, 9.17) is 9.73 Å². The summed E-state index contributed by atoms with van der Waals surface area (Å²) < 4.78 is 20.7. The van der Waals surface area contributed by atoms with Crippen molar-refractivity contribution in [1.29, 1.82) is 0 Å². The Morgan fingerprint density at radius 3 is 2.53 bits per heavy atom. The fourth-order valence-electron chi connectivity index (χ4n) is 2.76. The number of nitrogens with zero attached hydrogens (tertiary/aromatic N) is 5. The van der Waals surface area contributed by atoms with Gasteiger partial charge in [-0.05, 0) is 36.8 Å². The first-order valence-corrected chi connectivity index (χ1v) is 9.79. The Bertz CT molecular complexity index is 956. The highest BCUT2D eigenvalue weighted by Crippen LogP contribution is 2.11. The van der Waals surface area contributed by atoms with Crippen LogP contribution in [0.25, 0.3) is 0 Å². The molecule has 0 saturated carbocycles. The van der Waals surface area contributed by atoms with Gasteiger partial charge in [-0.15, -0.1) is 10.2 Å². The topological polar surface area (TPSA) is 67.6 Å². The molecule has 8 heteroatoms. The minimum Gasteiger partial charge on any atom is -0.492 e. The number of benzene rings is 2. The zero-order chi connectivity index (χ0) is 21.3. The Balaban J connectivity index is 1.62. The Morgan fingerprint density at radius 2 is 1.87 bits per heavy atom. The van der Waals surface area contributed by atoms with Gasteiger partial charge < -0.3 is 19.5 Å². The van der Waals surface area contributed by atoms with Crippen LogP contribution in [0.2, 0.25) is 0 Å². The summed E-state index contributed by atoms with van der Waals surface area (Å²) >= 11 is 0. The summed E-state index contributed by atoms with van der Waals surface area (Å²) in [6.45, 7) is 4.03. The summed E-state index contributed by atoms with van der Waals surface area (Å²) in [5, 5.41) is 11.7. The number of guanidine groups is 1. The minimum atomic E-state index is -0.280. The maximum atomic E-state index is 13.0. The number of hydrogen-bond donors (Lipinski definition) is 1. The van der Waals surface area contributed by atoms with Crippen LogP contribution in [0.4, 0.5) is 4.39 Å². The fourth-order valence-corrected chi connectivity index (χ4v) is 2.76. The van der Waals surface area contributed by atoms with E-state index in [0.29, 0.717) is 32.0 Å². The standard InChI is InChI=1S/C22H27FN6O/c1-17-26-27-21(29(17)3)16-25-22(24-15-18-7-5-4-6-8-18)28(2)13-14-30-20-11-9-19(23)10-12-20/h4-12H,13-16H2,1-3H3,(H,24,25). The van der Waals surface area contributed by atoms with Gasteiger partial charge in [0.05, 0.1) is 19.6 Å². The first kappa shape index (κ1) is 21.3. The Morgan fingerprint density at radius 1 is 1.13 bits per heavy atom. The van der Waals surface area contributed by atoms with E-state index in [1.54, 1.807) is 12.1 Å². The van der Waals surface area contributed by atoms with Crippen LogP contribution in [0.1, 0.15) is 17.2 Å². The summed E-state index contributed by atoms with van der Waals surface area (Å²) in [4.78, 5) is 6.75. The van der Waals surface area contributed by atoms with Crippen LogP contribution >= 0.6 is 0 Å². The van der Waals surface area contributed by atoms with E-state index in [9.17, 15) is 4.39 Å². The van der Waals surface area contributed by atoms with Crippen LogP contribution in [-0.2, 0) is 20.1 Å². The molecule has 3 aromatic rings. The number of ether oxygens (including phenoxy) is 1. The summed E-state index contributed by atoms with van der Waals surface area (Å²) in [6, 6.07) is 16.1. The molecule has 3 rings (SSSR count). The average Bonchev–Trinajstić information content (AvgIpc) is 3.08. The van der Waals surface area contributed by atoms with E-state index in [1.807, 2.05) is 60.8 Å². The van der Waals surface area contributed by atoms with Gasteiger partial charge in [-0.3, -0.25) is 0 Å². The highest BCUT2D eigenvalue weighted by Gasteiger charge is 2.10. The smallest absolute Gasteiger partial charge is 0.194 e. The molecule has 0 bridgehead atoms. The molecule has 0 saturated heterocycles. The zero-order valence-corrected chi connectivity index (χ0v) is 17.5. The number of rotatable bonds is 8. The third-order valence-corrected chi connectivity index (χ3v) is 4.71. The molecule has 0 radical (unpaired) electrons. The van der Waals surface area contributed by atoms with Gasteiger partial charge in [0.25, 0.3) is 0 Å². The van der Waals surface area contributed by atoms with E-state index in [1.165, 1.54) is 12.1 Å². The van der Waals surface area contributed by atoms with Crippen molar-refractivity contribution in [2.75, 3.05) is 20.2 Å². The van der Waals surface area contributed by atoms with Crippen LogP contribution in [0.15, 0.2) is 59.6 Å². The second-order valence-corrected chi connectivity index (χ2v) is 6.93. The normalized spacial score (nSPS) is 11.4. The van der Waals surface area contributed by atoms with Gasteiger partial charge in [0.1, 0.15) is 24.0 Å². The van der Waals surface area contributed by atoms with Crippen molar-refractivity contribution in [3.05, 3.63) is 77.6 Å². The summed E-state index contributed by atoms with van der Waals surface area (Å²) in [5.74, 6) is 2.78. The number of aryl methyl sites for hydroxylation is 1. The molecule has 0 atom stereocenters. The van der Waals surface area contributed by atoms with Gasteiger partial charge in [-0.1, -0.05) is 30.3 Å². The Kier molecular flexibility index (Phi) is 7.37. The van der Waals surface area contributed by atoms with Crippen LogP contribution in [0.3, 0.4) is 0 Å². The molecule has 30 heavy (non-hydrogen) atoms. The van der Waals surface area contributed by atoms with E-state index >= 15 is 0 Å². The highest BCUT2D eigenvalue weighted by atomic mass is 19.1. The van der Waals surface area contributed by atoms with Gasteiger partial charge in [0.15, 0.2) is 11.8 Å². The van der Waals surface area contributed by atoms with Crippen LogP contribution < -0.4 is 10.1 Å². The molecule has 2 aromatic carbocycles. The first-order valence-electron chi connectivity index (χ1n) is 9.79. The Labute approximate surface area is 176 Å². The van der Waals surface area contributed by atoms with E-state index < -0.39 is 0 Å². The number of nitrogens with one attached hydrogen (secondary N) is 1. The molecule has 1 N–H and O–H groups in total. The molecular formula is C22H27FN6O. The zero-order valence-electron chi connectivity index (χ0n) is 17.5. The molecule has 0 aliphatic carbocycles. The van der Waals surface area contributed by atoms with Crippen molar-refractivity contribution in [2.24, 2.45) is 12.0 Å². The molecule has 1 heterocycles. The van der Waals surface area contributed by atoms with Gasteiger partial charge in [0, 0.05) is 14.1 Å². The number of hydrogen-bond acceptors (Lipinski definition) is 4. The van der Waals surface area contributed by atoms with Crippen molar-refractivity contribution in [3.8, 4) is 5.75 Å². The molecular weight excluding hydrogens is 383 g/mol. The van der Waals surface area contributed by atoms with Crippen molar-refractivity contribution in [2.45, 2.75) is 20.0 Å². The first-order chi connectivity index (χ1) is 14.5. The molecule has 0 aliphatic heterocycles. The lowest BCUT2D eigenvalue weighted by atomic mass is 10.2. The van der Waals surface area contributed by atoms with Crippen LogP contribution in [0.5, 0.6) is 5.75 Å². The predicted octanol–water partition coefficient (Wildman–Crippen LogP) is 2.92. The van der Waals surface area contributed by atoms with Crippen molar-refractivity contribution in [3.63, 3.8) is 0 Å². The molecule has 0 spiro atoms. The van der Waals surface area contributed by atoms with Crippen molar-refractivity contribution >= 4 is 5.96 Å². The number of likely N-dealkylation sites (N-methyl/N-ethyl adjacent to an activating group) is 1. The van der Waals surface area contributed by atoms with Crippen LogP contribution in [0, 0.1) is 12.7 Å². The van der Waals surface area contributed by atoms with E-state index in [0.717, 1.165) is 23.2 Å². The van der Waals surface area contributed by atoms with Crippen molar-refractivity contribution in [1.82, 2.24) is 25.0 Å². The minimum absolute atomic E-state index is 0.280. The molecule has 158 valence electrons. The monoisotopic (exact) mass is 410 g/mol. The molecule has 0 aliphatic rings. The third-order valence-electron chi connectivity index (χ3n) is 4.71. The van der Waals surface area contributed by atoms with Crippen LogP contribution in [-0.4, -0.2) is 45.8 Å². The van der Waals surface area contributed by atoms with Gasteiger partial charge >= 0.3 is 0 Å². The summed E-state index contributed by atoms with van der Waals surface area (Å²) in [5.41, 5.74) is 1.13. The van der Waals surface area contributed by atoms with Gasteiger partial charge in [0.2, 0.25) is 0 Å². The molecule has 0 fully saturated rings. The van der Waals surface area contributed by atoms with E-state index in [2.05, 4.69) is 15.5 Å². The second kappa shape index (κ2) is 10.4. The molecule has 0 unspecified atom stereocenters. The third kappa shape index (κ3) is 6.04. The predicted molar refractivity (Wildman–Crippen MR) is 115 cm³/mol. The van der Waals surface area contributed by atoms with E-state index in [-0.39, 0.29) is 5.82 Å². The second-order valence-electron chi connectivity index (χ2n) is 6.93. The van der Waals surface area contributed by atoms with Crippen molar-refractivity contribution < 1.29 is 9.13 Å². The maximum absolute atomic E-state index is 13.0. The average molecular weight is 410 g/mol. The number of halogens is 1. The van der Waals surface area contributed by atoms with Gasteiger partial charge in [-0.25, -0.2) is 9.38 Å². The summed E-state index contributed by atoms with van der Waals surface area (Å²) in [7, 11) is 3.89. The largest absolute Gasteiger partial charge is 0.492 e. The molecule has 7 nitrogen and oxygen atoms in total. The lowest BCUT2D eigenvalue weighted by Gasteiger charge is -2.22. The lowest BCUT2D eigenvalue weighted by Crippen LogP contribution is -2.41. The number of aliphatic imine (C=N–C) groups is 1. The molecule has 1 aromatic heterocycles. The SMILES string of the molecule is Cc1nnc(CNC(=NCc2ccccc2)N(C)CCOc2ccc(F)cc2)n1C. The van der Waals surface area contributed by atoms with Gasteiger partial charge in [-0.2, -0.15) is 0 Å². The molecule has 0 amide bonds. The highest BCUT2D eigenvalue weighted by molar-refractivity contribution is 5.79.